The predicted octanol–water partition coefficient (Wildman–Crippen LogP) is 5.77. The van der Waals surface area contributed by atoms with Gasteiger partial charge in [0.1, 0.15) is 18.2 Å². The Labute approximate surface area is 205 Å². The van der Waals surface area contributed by atoms with Crippen molar-refractivity contribution in [3.05, 3.63) is 106 Å². The summed E-state index contributed by atoms with van der Waals surface area (Å²) >= 11 is 0. The van der Waals surface area contributed by atoms with Crippen LogP contribution in [-0.4, -0.2) is 22.4 Å². The minimum Gasteiger partial charge on any atom is -0.457 e. The zero-order valence-electron chi connectivity index (χ0n) is 19.5. The van der Waals surface area contributed by atoms with Crippen LogP contribution in [-0.2, 0) is 31.7 Å². The van der Waals surface area contributed by atoms with Gasteiger partial charge in [0.05, 0.1) is 5.56 Å². The third kappa shape index (κ3) is 5.15. The Hall–Kier alpha value is -3.84. The lowest BCUT2D eigenvalue weighted by Gasteiger charge is -2.13. The molecule has 0 heterocycles. The molecule has 4 rings (SSSR count). The Bertz CT molecular complexity index is 1390. The molecule has 1 atom stereocenters. The molecule has 0 saturated heterocycles. The van der Waals surface area contributed by atoms with Gasteiger partial charge in [0.25, 0.3) is 0 Å². The number of benzene rings is 3. The highest BCUT2D eigenvalue weighted by Crippen LogP contribution is 2.45. The molecule has 0 amide bonds. The van der Waals surface area contributed by atoms with Gasteiger partial charge in [-0.3, -0.25) is 9.00 Å². The first-order valence-corrected chi connectivity index (χ1v) is 12.4. The third-order valence-corrected chi connectivity index (χ3v) is 6.58. The molecule has 0 aromatic heterocycles. The highest BCUT2D eigenvalue weighted by atomic mass is 32.2. The van der Waals surface area contributed by atoms with E-state index in [1.165, 1.54) is 13.0 Å². The van der Waals surface area contributed by atoms with Crippen molar-refractivity contribution in [2.24, 2.45) is 0 Å². The SMILES string of the molecule is CC(=O)OC1=C(C)C(=Cc2ccc(S(C)=O)cc2)c2ccc(F)c(COC(=O)c3ccccc3)c21. The molecule has 5 nitrogen and oxygen atoms in total. The molecule has 0 aliphatic heterocycles. The summed E-state index contributed by atoms with van der Waals surface area (Å²) < 4.78 is 37.6. The molecule has 3 aromatic rings. The standard InChI is InChI=1S/C28H23FO5S/c1-17-23(15-19-9-11-21(12-10-19)35(3)32)22-13-14-25(29)24(26(22)27(17)34-18(2)30)16-33-28(31)20-7-5-4-6-8-20/h4-15H,16H2,1-3H3. The second-order valence-corrected chi connectivity index (χ2v) is 9.40. The number of esters is 2. The number of allylic oxidation sites excluding steroid dienone is 2. The van der Waals surface area contributed by atoms with E-state index in [0.29, 0.717) is 27.2 Å². The predicted molar refractivity (Wildman–Crippen MR) is 133 cm³/mol. The molecular formula is C28H23FO5S. The number of hydrogen-bond acceptors (Lipinski definition) is 5. The molecule has 0 spiro atoms. The highest BCUT2D eigenvalue weighted by Gasteiger charge is 2.31. The van der Waals surface area contributed by atoms with E-state index in [1.807, 2.05) is 18.2 Å². The maximum atomic E-state index is 15.0. The van der Waals surface area contributed by atoms with Gasteiger partial charge in [-0.05, 0) is 60.0 Å². The fourth-order valence-electron chi connectivity index (χ4n) is 3.93. The number of hydrogen-bond donors (Lipinski definition) is 0. The summed E-state index contributed by atoms with van der Waals surface area (Å²) in [6.07, 6.45) is 3.50. The number of rotatable bonds is 6. The Morgan fingerprint density at radius 2 is 1.69 bits per heavy atom. The van der Waals surface area contributed by atoms with Crippen LogP contribution in [0.2, 0.25) is 0 Å². The van der Waals surface area contributed by atoms with Gasteiger partial charge in [-0.25, -0.2) is 9.18 Å². The molecule has 1 aliphatic rings. The molecule has 1 unspecified atom stereocenters. The van der Waals surface area contributed by atoms with Gasteiger partial charge in [-0.15, -0.1) is 0 Å². The van der Waals surface area contributed by atoms with E-state index in [-0.39, 0.29) is 17.9 Å². The minimum absolute atomic E-state index is 0.127. The number of carbonyl (C=O) groups excluding carboxylic acids is 2. The van der Waals surface area contributed by atoms with E-state index in [9.17, 15) is 13.8 Å². The molecule has 0 bridgehead atoms. The normalized spacial score (nSPS) is 14.6. The average Bonchev–Trinajstić information content (AvgIpc) is 3.09. The second-order valence-electron chi connectivity index (χ2n) is 8.02. The highest BCUT2D eigenvalue weighted by molar-refractivity contribution is 7.84. The summed E-state index contributed by atoms with van der Waals surface area (Å²) in [7, 11) is -1.09. The minimum atomic E-state index is -1.09. The smallest absolute Gasteiger partial charge is 0.338 e. The summed E-state index contributed by atoms with van der Waals surface area (Å²) in [5.74, 6) is -1.47. The molecule has 0 radical (unpaired) electrons. The van der Waals surface area contributed by atoms with Crippen LogP contribution in [0, 0.1) is 5.82 Å². The quantitative estimate of drug-likeness (QED) is 0.411. The van der Waals surface area contributed by atoms with Gasteiger partial charge in [0.2, 0.25) is 0 Å². The summed E-state index contributed by atoms with van der Waals surface area (Å²) in [5, 5.41) is 0. The van der Waals surface area contributed by atoms with E-state index >= 15 is 4.39 Å². The Morgan fingerprint density at radius 3 is 2.31 bits per heavy atom. The van der Waals surface area contributed by atoms with Crippen LogP contribution >= 0.6 is 0 Å². The van der Waals surface area contributed by atoms with E-state index in [1.54, 1.807) is 61.7 Å². The maximum absolute atomic E-state index is 15.0. The van der Waals surface area contributed by atoms with Gasteiger partial charge >= 0.3 is 11.9 Å². The van der Waals surface area contributed by atoms with E-state index in [0.717, 1.165) is 11.1 Å². The van der Waals surface area contributed by atoms with Gasteiger partial charge in [-0.2, -0.15) is 0 Å². The molecule has 178 valence electrons. The van der Waals surface area contributed by atoms with Crippen LogP contribution in [0.1, 0.15) is 46.5 Å². The summed E-state index contributed by atoms with van der Waals surface area (Å²) in [4.78, 5) is 25.0. The van der Waals surface area contributed by atoms with Crippen molar-refractivity contribution in [2.75, 3.05) is 6.26 Å². The molecule has 3 aromatic carbocycles. The van der Waals surface area contributed by atoms with Crippen molar-refractivity contribution in [2.45, 2.75) is 25.3 Å². The lowest BCUT2D eigenvalue weighted by molar-refractivity contribution is -0.134. The van der Waals surface area contributed by atoms with Gasteiger partial charge in [0, 0.05) is 45.6 Å². The molecule has 0 N–H and O–H groups in total. The van der Waals surface area contributed by atoms with Crippen molar-refractivity contribution in [3.8, 4) is 0 Å². The van der Waals surface area contributed by atoms with Crippen molar-refractivity contribution in [3.63, 3.8) is 0 Å². The topological polar surface area (TPSA) is 69.7 Å². The zero-order chi connectivity index (χ0) is 25.1. The van der Waals surface area contributed by atoms with Crippen LogP contribution in [0.5, 0.6) is 0 Å². The largest absolute Gasteiger partial charge is 0.457 e. The van der Waals surface area contributed by atoms with Crippen molar-refractivity contribution < 1.29 is 27.7 Å². The lowest BCUT2D eigenvalue weighted by Crippen LogP contribution is -2.09. The van der Waals surface area contributed by atoms with Crippen molar-refractivity contribution in [1.29, 1.82) is 0 Å². The van der Waals surface area contributed by atoms with E-state index in [4.69, 9.17) is 9.47 Å². The van der Waals surface area contributed by atoms with Crippen LogP contribution in [0.4, 0.5) is 4.39 Å². The first-order valence-electron chi connectivity index (χ1n) is 10.9. The molecule has 1 aliphatic carbocycles. The van der Waals surface area contributed by atoms with Crippen molar-refractivity contribution in [1.82, 2.24) is 0 Å². The Kier molecular flexibility index (Phi) is 7.07. The fourth-order valence-corrected chi connectivity index (χ4v) is 4.45. The van der Waals surface area contributed by atoms with E-state index < -0.39 is 28.6 Å². The molecular weight excluding hydrogens is 467 g/mol. The average molecular weight is 491 g/mol. The lowest BCUT2D eigenvalue weighted by atomic mass is 9.98. The Balaban J connectivity index is 1.76. The Morgan fingerprint density at radius 1 is 1.00 bits per heavy atom. The van der Waals surface area contributed by atoms with Crippen LogP contribution in [0.25, 0.3) is 17.4 Å². The number of ether oxygens (including phenoxy) is 2. The summed E-state index contributed by atoms with van der Waals surface area (Å²) in [6.45, 7) is 2.74. The summed E-state index contributed by atoms with van der Waals surface area (Å²) in [5.41, 5.74) is 3.76. The molecule has 35 heavy (non-hydrogen) atoms. The van der Waals surface area contributed by atoms with Crippen LogP contribution in [0.3, 0.4) is 0 Å². The van der Waals surface area contributed by atoms with E-state index in [2.05, 4.69) is 0 Å². The van der Waals surface area contributed by atoms with Crippen LogP contribution < -0.4 is 0 Å². The molecule has 7 heteroatoms. The zero-order valence-corrected chi connectivity index (χ0v) is 20.3. The fraction of sp³-hybridized carbons (Fsp3) is 0.143. The second kappa shape index (κ2) is 10.2. The number of fused-ring (bicyclic) bond motifs is 1. The van der Waals surface area contributed by atoms with Crippen molar-refractivity contribution >= 4 is 40.1 Å². The maximum Gasteiger partial charge on any atom is 0.338 e. The molecule has 0 saturated carbocycles. The number of carbonyl (C=O) groups is 2. The van der Waals surface area contributed by atoms with Gasteiger partial charge in [0.15, 0.2) is 0 Å². The number of halogens is 1. The first kappa shape index (κ1) is 24.3. The van der Waals surface area contributed by atoms with Crippen LogP contribution in [0.15, 0.2) is 77.2 Å². The third-order valence-electron chi connectivity index (χ3n) is 5.64. The first-order chi connectivity index (χ1) is 16.8. The van der Waals surface area contributed by atoms with Gasteiger partial charge in [-0.1, -0.05) is 36.4 Å². The molecule has 0 fully saturated rings. The van der Waals surface area contributed by atoms with Gasteiger partial charge < -0.3 is 9.47 Å². The monoisotopic (exact) mass is 490 g/mol. The summed E-state index contributed by atoms with van der Waals surface area (Å²) in [6, 6.07) is 18.6.